The molecule has 2 heterocycles. The zero-order chi connectivity index (χ0) is 14.2. The number of hydrogen-bond acceptors (Lipinski definition) is 5. The SMILES string of the molecule is Cc1nc(C2(NC(=O)C3CNC(=O)C3)CCCC2)no1. The molecule has 2 fully saturated rings. The molecule has 7 heteroatoms. The Bertz CT molecular complexity index is 533. The van der Waals surface area contributed by atoms with Crippen LogP contribution in [0.3, 0.4) is 0 Å². The predicted molar refractivity (Wildman–Crippen MR) is 68.4 cm³/mol. The van der Waals surface area contributed by atoms with Gasteiger partial charge in [0, 0.05) is 19.9 Å². The molecule has 1 unspecified atom stereocenters. The normalized spacial score (nSPS) is 24.6. The first kappa shape index (κ1) is 13.1. The molecule has 1 aliphatic heterocycles. The minimum atomic E-state index is -0.527. The zero-order valence-electron chi connectivity index (χ0n) is 11.4. The Kier molecular flexibility index (Phi) is 3.19. The van der Waals surface area contributed by atoms with Crippen molar-refractivity contribution in [1.82, 2.24) is 20.8 Å². The van der Waals surface area contributed by atoms with Crippen molar-refractivity contribution >= 4 is 11.8 Å². The summed E-state index contributed by atoms with van der Waals surface area (Å²) in [7, 11) is 0. The van der Waals surface area contributed by atoms with Gasteiger partial charge in [-0.3, -0.25) is 9.59 Å². The fourth-order valence-electron chi connectivity index (χ4n) is 3.01. The minimum absolute atomic E-state index is 0.0685. The summed E-state index contributed by atoms with van der Waals surface area (Å²) in [6.45, 7) is 2.15. The Morgan fingerprint density at radius 2 is 2.20 bits per heavy atom. The van der Waals surface area contributed by atoms with E-state index < -0.39 is 5.54 Å². The fourth-order valence-corrected chi connectivity index (χ4v) is 3.01. The maximum atomic E-state index is 12.3. The van der Waals surface area contributed by atoms with Gasteiger partial charge in [0.1, 0.15) is 5.54 Å². The lowest BCUT2D eigenvalue weighted by Gasteiger charge is -2.28. The van der Waals surface area contributed by atoms with E-state index in [1.54, 1.807) is 6.92 Å². The number of nitrogens with zero attached hydrogens (tertiary/aromatic N) is 2. The van der Waals surface area contributed by atoms with Crippen molar-refractivity contribution < 1.29 is 14.1 Å². The highest BCUT2D eigenvalue weighted by molar-refractivity contribution is 5.89. The van der Waals surface area contributed by atoms with Crippen molar-refractivity contribution in [3.05, 3.63) is 11.7 Å². The third-order valence-corrected chi connectivity index (χ3v) is 4.12. The molecule has 1 aromatic heterocycles. The van der Waals surface area contributed by atoms with Crippen LogP contribution >= 0.6 is 0 Å². The number of nitrogens with one attached hydrogen (secondary N) is 2. The topological polar surface area (TPSA) is 97.1 Å². The molecule has 1 aliphatic carbocycles. The molecular weight excluding hydrogens is 260 g/mol. The lowest BCUT2D eigenvalue weighted by Crippen LogP contribution is -2.47. The number of amides is 2. The molecule has 0 bridgehead atoms. The molecule has 108 valence electrons. The van der Waals surface area contributed by atoms with Crippen LogP contribution in [-0.2, 0) is 15.1 Å². The van der Waals surface area contributed by atoms with Crippen LogP contribution < -0.4 is 10.6 Å². The molecule has 1 saturated carbocycles. The molecule has 2 amide bonds. The summed E-state index contributed by atoms with van der Waals surface area (Å²) < 4.78 is 5.05. The highest BCUT2D eigenvalue weighted by Gasteiger charge is 2.43. The second-order valence-corrected chi connectivity index (χ2v) is 5.62. The van der Waals surface area contributed by atoms with Gasteiger partial charge in [-0.05, 0) is 12.8 Å². The predicted octanol–water partition coefficient (Wildman–Crippen LogP) is 0.400. The Morgan fingerprint density at radius 3 is 2.75 bits per heavy atom. The van der Waals surface area contributed by atoms with Crippen LogP contribution in [0.25, 0.3) is 0 Å². The van der Waals surface area contributed by atoms with E-state index in [1.807, 2.05) is 0 Å². The Labute approximate surface area is 116 Å². The summed E-state index contributed by atoms with van der Waals surface area (Å²) in [5.41, 5.74) is -0.527. The smallest absolute Gasteiger partial charge is 0.226 e. The third kappa shape index (κ3) is 2.28. The molecule has 0 radical (unpaired) electrons. The summed E-state index contributed by atoms with van der Waals surface area (Å²) >= 11 is 0. The van der Waals surface area contributed by atoms with Crippen LogP contribution in [-0.4, -0.2) is 28.5 Å². The fraction of sp³-hybridized carbons (Fsp3) is 0.692. The van der Waals surface area contributed by atoms with E-state index in [9.17, 15) is 9.59 Å². The maximum absolute atomic E-state index is 12.3. The summed E-state index contributed by atoms with van der Waals surface area (Å²) in [4.78, 5) is 27.8. The van der Waals surface area contributed by atoms with Gasteiger partial charge in [0.25, 0.3) is 0 Å². The minimum Gasteiger partial charge on any atom is -0.355 e. The average molecular weight is 278 g/mol. The monoisotopic (exact) mass is 278 g/mol. The van der Waals surface area contributed by atoms with Gasteiger partial charge in [-0.1, -0.05) is 18.0 Å². The van der Waals surface area contributed by atoms with E-state index in [0.29, 0.717) is 18.3 Å². The first-order valence-corrected chi connectivity index (χ1v) is 6.99. The van der Waals surface area contributed by atoms with Crippen LogP contribution in [0.15, 0.2) is 4.52 Å². The van der Waals surface area contributed by atoms with Crippen LogP contribution in [0.4, 0.5) is 0 Å². The number of carbonyl (C=O) groups is 2. The number of aryl methyl sites for hydroxylation is 1. The molecule has 1 saturated heterocycles. The van der Waals surface area contributed by atoms with E-state index >= 15 is 0 Å². The third-order valence-electron chi connectivity index (χ3n) is 4.12. The summed E-state index contributed by atoms with van der Waals surface area (Å²) in [6, 6.07) is 0. The highest BCUT2D eigenvalue weighted by Crippen LogP contribution is 2.37. The Balaban J connectivity index is 1.78. The molecule has 2 aliphatic rings. The van der Waals surface area contributed by atoms with Gasteiger partial charge in [-0.2, -0.15) is 4.98 Å². The van der Waals surface area contributed by atoms with Crippen molar-refractivity contribution in [2.45, 2.75) is 44.6 Å². The largest absolute Gasteiger partial charge is 0.355 e. The summed E-state index contributed by atoms with van der Waals surface area (Å²) in [5, 5.41) is 9.73. The van der Waals surface area contributed by atoms with Gasteiger partial charge in [0.15, 0.2) is 5.82 Å². The lowest BCUT2D eigenvalue weighted by atomic mass is 9.95. The summed E-state index contributed by atoms with van der Waals surface area (Å²) in [5.74, 6) is 0.582. The van der Waals surface area contributed by atoms with Gasteiger partial charge in [0.2, 0.25) is 17.7 Å². The van der Waals surface area contributed by atoms with E-state index in [2.05, 4.69) is 20.8 Å². The quantitative estimate of drug-likeness (QED) is 0.834. The van der Waals surface area contributed by atoms with E-state index in [1.165, 1.54) is 0 Å². The molecular formula is C13H18N4O3. The molecule has 1 aromatic rings. The van der Waals surface area contributed by atoms with Crippen molar-refractivity contribution in [2.24, 2.45) is 5.92 Å². The van der Waals surface area contributed by atoms with Crippen LogP contribution in [0.1, 0.15) is 43.8 Å². The molecule has 7 nitrogen and oxygen atoms in total. The lowest BCUT2D eigenvalue weighted by molar-refractivity contribution is -0.128. The van der Waals surface area contributed by atoms with E-state index in [4.69, 9.17) is 4.52 Å². The van der Waals surface area contributed by atoms with Crippen molar-refractivity contribution in [2.75, 3.05) is 6.54 Å². The van der Waals surface area contributed by atoms with Crippen molar-refractivity contribution in [3.63, 3.8) is 0 Å². The van der Waals surface area contributed by atoms with Crippen LogP contribution in [0, 0.1) is 12.8 Å². The molecule has 0 aromatic carbocycles. The van der Waals surface area contributed by atoms with E-state index in [0.717, 1.165) is 25.7 Å². The molecule has 3 rings (SSSR count). The number of rotatable bonds is 3. The number of hydrogen-bond donors (Lipinski definition) is 2. The molecule has 20 heavy (non-hydrogen) atoms. The average Bonchev–Trinajstić information content (AvgIpc) is 3.10. The van der Waals surface area contributed by atoms with Gasteiger partial charge >= 0.3 is 0 Å². The first-order valence-electron chi connectivity index (χ1n) is 6.99. The second kappa shape index (κ2) is 4.88. The standard InChI is InChI=1S/C13H18N4O3/c1-8-15-12(17-20-8)13(4-2-3-5-13)16-11(19)9-6-10(18)14-7-9/h9H,2-7H2,1H3,(H,14,18)(H,16,19). The molecule has 1 atom stereocenters. The highest BCUT2D eigenvalue weighted by atomic mass is 16.5. The molecule has 0 spiro atoms. The van der Waals surface area contributed by atoms with Crippen LogP contribution in [0.5, 0.6) is 0 Å². The Hall–Kier alpha value is -1.92. The molecule has 2 N–H and O–H groups in total. The van der Waals surface area contributed by atoms with Gasteiger partial charge in [0.05, 0.1) is 5.92 Å². The summed E-state index contributed by atoms with van der Waals surface area (Å²) in [6.07, 6.45) is 3.93. The number of carbonyl (C=O) groups excluding carboxylic acids is 2. The maximum Gasteiger partial charge on any atom is 0.226 e. The Morgan fingerprint density at radius 1 is 1.45 bits per heavy atom. The van der Waals surface area contributed by atoms with Crippen molar-refractivity contribution in [3.8, 4) is 0 Å². The van der Waals surface area contributed by atoms with Gasteiger partial charge < -0.3 is 15.2 Å². The second-order valence-electron chi connectivity index (χ2n) is 5.62. The van der Waals surface area contributed by atoms with E-state index in [-0.39, 0.29) is 24.2 Å². The first-order chi connectivity index (χ1) is 9.59. The zero-order valence-corrected chi connectivity index (χ0v) is 11.4. The van der Waals surface area contributed by atoms with Crippen molar-refractivity contribution in [1.29, 1.82) is 0 Å². The number of aromatic nitrogens is 2. The van der Waals surface area contributed by atoms with Gasteiger partial charge in [-0.15, -0.1) is 0 Å². The van der Waals surface area contributed by atoms with Gasteiger partial charge in [-0.25, -0.2) is 0 Å². The van der Waals surface area contributed by atoms with Crippen LogP contribution in [0.2, 0.25) is 0 Å².